The fourth-order valence-electron chi connectivity index (χ4n) is 7.41. The molecule has 0 aliphatic carbocycles. The molecule has 0 aliphatic rings. The van der Waals surface area contributed by atoms with Gasteiger partial charge < -0.3 is 19.3 Å². The van der Waals surface area contributed by atoms with Crippen LogP contribution in [0.4, 0.5) is 17.6 Å². The third-order valence-corrected chi connectivity index (χ3v) is 16.3. The van der Waals surface area contributed by atoms with Gasteiger partial charge in [-0.25, -0.2) is 21.6 Å². The second kappa shape index (κ2) is 25.7. The smallest absolute Gasteiger partial charge is 0.380 e. The summed E-state index contributed by atoms with van der Waals surface area (Å²) in [5, 5.41) is 0.402. The van der Waals surface area contributed by atoms with E-state index in [0.29, 0.717) is 5.57 Å². The standard InChI is InChI=1S/C28H26F2O6S.C24H22F2O5S.C4H5ClO/c1-4-25(31)35-19-27(29,30)37(33,34)28(21-11-7-5-8-12-21,22-13-9-6-10-14-22)23-15-17-24(18-16-23)36-26(32)20(2)3;1-2-22(28)31-17-23(25,26)32(29,30)24(18-9-5-3-6-10-18,19-11-7-4-8-12-19)20-13-15-21(27)16-14-20;1-3(2)4(5)6/h5-18H,2,4,19H2,1,3H3;3-16,27H,2,17H2,1H3;1H2,2H3. The maximum absolute atomic E-state index is 15.6. The van der Waals surface area contributed by atoms with Crippen LogP contribution in [0.1, 0.15) is 73.9 Å². The minimum atomic E-state index is -5.51. The lowest BCUT2D eigenvalue weighted by molar-refractivity contribution is -0.149. The Morgan fingerprint density at radius 1 is 0.493 bits per heavy atom. The van der Waals surface area contributed by atoms with Crippen molar-refractivity contribution in [3.63, 3.8) is 0 Å². The molecule has 6 aromatic carbocycles. The lowest BCUT2D eigenvalue weighted by Crippen LogP contribution is -2.49. The van der Waals surface area contributed by atoms with Gasteiger partial charge in [-0.1, -0.05) is 173 Å². The summed E-state index contributed by atoms with van der Waals surface area (Å²) in [6, 6.07) is 40.8. The quantitative estimate of drug-likeness (QED) is 0.0202. The van der Waals surface area contributed by atoms with Gasteiger partial charge in [-0.05, 0) is 83.1 Å². The van der Waals surface area contributed by atoms with Crippen LogP contribution in [0.2, 0.25) is 0 Å². The molecule has 0 aliphatic heterocycles. The zero-order chi connectivity index (χ0) is 55.8. The first-order valence-electron chi connectivity index (χ1n) is 22.7. The van der Waals surface area contributed by atoms with Crippen molar-refractivity contribution in [1.29, 1.82) is 0 Å². The molecule has 0 saturated carbocycles. The van der Waals surface area contributed by atoms with Crippen LogP contribution in [0.3, 0.4) is 0 Å². The van der Waals surface area contributed by atoms with Crippen LogP contribution in [0, 0.1) is 0 Å². The number of rotatable bonds is 19. The molecule has 0 unspecified atom stereocenters. The minimum absolute atomic E-state index is 0.00851. The number of aromatic hydroxyl groups is 1. The van der Waals surface area contributed by atoms with Crippen LogP contribution in [0.25, 0.3) is 0 Å². The predicted molar refractivity (Wildman–Crippen MR) is 276 cm³/mol. The Kier molecular flexibility index (Phi) is 20.6. The Morgan fingerprint density at radius 3 is 1.01 bits per heavy atom. The van der Waals surface area contributed by atoms with Gasteiger partial charge >= 0.3 is 28.4 Å². The fourth-order valence-corrected chi connectivity index (χ4v) is 11.4. The van der Waals surface area contributed by atoms with Crippen molar-refractivity contribution in [2.45, 2.75) is 60.5 Å². The zero-order valence-electron chi connectivity index (χ0n) is 41.1. The number of halogens is 5. The van der Waals surface area contributed by atoms with Crippen molar-refractivity contribution in [3.05, 3.63) is 228 Å². The third-order valence-electron chi connectivity index (χ3n) is 11.1. The lowest BCUT2D eigenvalue weighted by Gasteiger charge is -2.37. The lowest BCUT2D eigenvalue weighted by atomic mass is 9.84. The Bertz CT molecular complexity index is 3070. The highest BCUT2D eigenvalue weighted by molar-refractivity contribution is 7.94. The molecule has 75 heavy (non-hydrogen) atoms. The number of esters is 3. The summed E-state index contributed by atoms with van der Waals surface area (Å²) in [5.41, 5.74) is 0.781. The number of benzene rings is 6. The van der Waals surface area contributed by atoms with E-state index in [-0.39, 0.29) is 63.3 Å². The van der Waals surface area contributed by atoms with Crippen LogP contribution in [-0.4, -0.2) is 68.8 Å². The van der Waals surface area contributed by atoms with E-state index < -0.39 is 76.0 Å². The van der Waals surface area contributed by atoms with E-state index in [1.807, 2.05) is 0 Å². The molecule has 6 rings (SSSR count). The summed E-state index contributed by atoms with van der Waals surface area (Å²) in [6.07, 6.45) is -0.361. The van der Waals surface area contributed by atoms with Crippen molar-refractivity contribution in [2.24, 2.45) is 0 Å². The summed E-state index contributed by atoms with van der Waals surface area (Å²) < 4.78 is 128. The molecule has 1 N–H and O–H groups in total. The number of phenols is 1. The molecule has 12 nitrogen and oxygen atoms in total. The molecule has 0 fully saturated rings. The van der Waals surface area contributed by atoms with Crippen LogP contribution >= 0.6 is 11.6 Å². The minimum Gasteiger partial charge on any atom is -0.508 e. The number of allylic oxidation sites excluding steroid dienone is 1. The largest absolute Gasteiger partial charge is 0.508 e. The molecule has 6 aromatic rings. The summed E-state index contributed by atoms with van der Waals surface area (Å²) in [7, 11) is -10.9. The number of alkyl halides is 4. The Morgan fingerprint density at radius 2 is 0.760 bits per heavy atom. The summed E-state index contributed by atoms with van der Waals surface area (Å²) in [5.74, 6) is -2.65. The van der Waals surface area contributed by atoms with Gasteiger partial charge in [-0.15, -0.1) is 0 Å². The van der Waals surface area contributed by atoms with Crippen LogP contribution in [-0.2, 0) is 57.8 Å². The average molecular weight is 1090 g/mol. The molecule has 0 spiro atoms. The molecule has 0 amide bonds. The van der Waals surface area contributed by atoms with Crippen molar-refractivity contribution >= 4 is 54.4 Å². The van der Waals surface area contributed by atoms with Crippen molar-refractivity contribution < 1.29 is 72.9 Å². The van der Waals surface area contributed by atoms with Gasteiger partial charge in [0.15, 0.2) is 22.7 Å². The summed E-state index contributed by atoms with van der Waals surface area (Å²) in [4.78, 5) is 44.9. The number of hydrogen-bond donors (Lipinski definition) is 1. The predicted octanol–water partition coefficient (Wildman–Crippen LogP) is 11.4. The van der Waals surface area contributed by atoms with Gasteiger partial charge in [0, 0.05) is 24.0 Å². The van der Waals surface area contributed by atoms with Gasteiger partial charge in [-0.2, -0.15) is 17.6 Å². The first-order chi connectivity index (χ1) is 35.3. The number of carbonyl (C=O) groups excluding carboxylic acids is 4. The molecule has 0 heterocycles. The molecule has 0 radical (unpaired) electrons. The normalized spacial score (nSPS) is 11.8. The van der Waals surface area contributed by atoms with Crippen molar-refractivity contribution in [3.8, 4) is 11.5 Å². The van der Waals surface area contributed by atoms with E-state index in [0.717, 1.165) is 0 Å². The Labute approximate surface area is 438 Å². The monoisotopic (exact) mass is 1090 g/mol. The van der Waals surface area contributed by atoms with Crippen molar-refractivity contribution in [1.82, 2.24) is 0 Å². The SMILES string of the molecule is C=C(C)C(=O)Cl.C=C(C)C(=O)Oc1ccc(C(c2ccccc2)(c2ccccc2)S(=O)(=O)C(F)(F)COC(=O)CC)cc1.CCC(=O)OCC(F)(F)S(=O)(=O)C(c1ccccc1)(c1ccccc1)c1ccc(O)cc1. The summed E-state index contributed by atoms with van der Waals surface area (Å²) in [6.45, 7) is 9.39. The van der Waals surface area contributed by atoms with E-state index in [4.69, 9.17) is 16.3 Å². The Balaban J connectivity index is 0.000000295. The van der Waals surface area contributed by atoms with Gasteiger partial charge in [-0.3, -0.25) is 14.4 Å². The highest BCUT2D eigenvalue weighted by atomic mass is 35.5. The average Bonchev–Trinajstić information content (AvgIpc) is 3.40. The molecular weight excluding hydrogens is 1040 g/mol. The number of hydrogen-bond acceptors (Lipinski definition) is 12. The molecule has 19 heteroatoms. The van der Waals surface area contributed by atoms with Gasteiger partial charge in [0.25, 0.3) is 0 Å². The van der Waals surface area contributed by atoms with E-state index in [1.165, 1.54) is 118 Å². The van der Waals surface area contributed by atoms with Gasteiger partial charge in [0.2, 0.25) is 24.9 Å². The Hall–Kier alpha value is -7.41. The second-order valence-corrected chi connectivity index (χ2v) is 21.2. The van der Waals surface area contributed by atoms with Crippen LogP contribution in [0.15, 0.2) is 194 Å². The van der Waals surface area contributed by atoms with E-state index in [1.54, 1.807) is 79.7 Å². The van der Waals surface area contributed by atoms with E-state index in [2.05, 4.69) is 22.6 Å². The van der Waals surface area contributed by atoms with Gasteiger partial charge in [0.05, 0.1) is 0 Å². The first-order valence-corrected chi connectivity index (χ1v) is 26.0. The third kappa shape index (κ3) is 13.3. The van der Waals surface area contributed by atoms with Crippen molar-refractivity contribution in [2.75, 3.05) is 13.2 Å². The summed E-state index contributed by atoms with van der Waals surface area (Å²) >= 11 is 4.87. The first kappa shape index (κ1) is 60.1. The topological polar surface area (TPSA) is 184 Å². The van der Waals surface area contributed by atoms with Crippen LogP contribution < -0.4 is 4.74 Å². The fraction of sp³-hybridized carbons (Fsp3) is 0.214. The maximum atomic E-state index is 15.6. The molecule has 0 aromatic heterocycles. The second-order valence-electron chi connectivity index (χ2n) is 16.4. The molecule has 0 saturated heterocycles. The molecule has 0 atom stereocenters. The van der Waals surface area contributed by atoms with E-state index in [9.17, 15) is 41.1 Å². The van der Waals surface area contributed by atoms with E-state index >= 15 is 17.6 Å². The molecular formula is C56H53ClF4O12S2. The number of carbonyl (C=O) groups is 4. The number of ether oxygens (including phenoxy) is 3. The highest BCUT2D eigenvalue weighted by Gasteiger charge is 2.63. The maximum Gasteiger partial charge on any atom is 0.380 e. The van der Waals surface area contributed by atoms with Gasteiger partial charge in [0.1, 0.15) is 11.5 Å². The number of phenolic OH excluding ortho intramolecular Hbond substituents is 1. The highest BCUT2D eigenvalue weighted by Crippen LogP contribution is 2.51. The number of sulfone groups is 2. The zero-order valence-corrected chi connectivity index (χ0v) is 43.4. The molecule has 0 bridgehead atoms. The molecule has 396 valence electrons. The van der Waals surface area contributed by atoms with Crippen LogP contribution in [0.5, 0.6) is 11.5 Å².